The lowest BCUT2D eigenvalue weighted by atomic mass is 9.84. The lowest BCUT2D eigenvalue weighted by molar-refractivity contribution is -0.143. The van der Waals surface area contributed by atoms with Crippen LogP contribution in [0.15, 0.2) is 36.4 Å². The SMILES string of the molecule is CCCC(CCC)N(C(=O)CN1C[C@H](c2ccc3c(c2)OCO3)[C@@H](C(=O)O)[C@@H]1CCN(CC)C(C)=O)c1ccc(F)c(C)c1. The van der Waals surface area contributed by atoms with E-state index in [9.17, 15) is 23.9 Å². The van der Waals surface area contributed by atoms with Crippen LogP contribution in [-0.4, -0.2) is 77.7 Å². The van der Waals surface area contributed by atoms with Crippen LogP contribution in [0.4, 0.5) is 10.1 Å². The molecule has 2 aromatic carbocycles. The van der Waals surface area contributed by atoms with E-state index in [-0.39, 0.29) is 37.0 Å². The van der Waals surface area contributed by atoms with E-state index < -0.39 is 23.8 Å². The van der Waals surface area contributed by atoms with Crippen molar-refractivity contribution in [3.05, 3.63) is 53.3 Å². The molecule has 9 nitrogen and oxygen atoms in total. The van der Waals surface area contributed by atoms with E-state index in [1.807, 2.05) is 24.0 Å². The summed E-state index contributed by atoms with van der Waals surface area (Å²) < 4.78 is 25.3. The molecule has 0 saturated carbocycles. The second-order valence-electron chi connectivity index (χ2n) is 11.9. The standard InChI is InChI=1S/C34H46FN3O6/c1-6-9-25(10-7-2)38(26-12-13-28(35)22(4)17-26)32(40)20-37-19-27(24-11-14-30-31(18-24)44-21-43-30)33(34(41)42)29(37)15-16-36(8-3)23(5)39/h11-14,17-18,25,27,29,33H,6-10,15-16,19-21H2,1-5H3,(H,41,42)/t27-,29+,33-/m1/s1. The second kappa shape index (κ2) is 14.9. The van der Waals surface area contributed by atoms with E-state index in [1.165, 1.54) is 13.0 Å². The minimum Gasteiger partial charge on any atom is -0.481 e. The molecule has 0 unspecified atom stereocenters. The molecule has 240 valence electrons. The number of ether oxygens (including phenoxy) is 2. The molecule has 0 aliphatic carbocycles. The van der Waals surface area contributed by atoms with Crippen LogP contribution in [0, 0.1) is 18.7 Å². The molecule has 0 aromatic heterocycles. The molecule has 0 radical (unpaired) electrons. The molecule has 2 aliphatic heterocycles. The number of carbonyl (C=O) groups excluding carboxylic acids is 2. The van der Waals surface area contributed by atoms with Crippen molar-refractivity contribution in [3.63, 3.8) is 0 Å². The maximum Gasteiger partial charge on any atom is 0.308 e. The normalized spacial score (nSPS) is 19.4. The molecule has 2 heterocycles. The fraction of sp³-hybridized carbons (Fsp3) is 0.559. The summed E-state index contributed by atoms with van der Waals surface area (Å²) in [4.78, 5) is 45.0. The Labute approximate surface area is 259 Å². The quantitative estimate of drug-likeness (QED) is 0.297. The van der Waals surface area contributed by atoms with Crippen molar-refractivity contribution in [1.29, 1.82) is 0 Å². The molecule has 2 aromatic rings. The lowest BCUT2D eigenvalue weighted by Crippen LogP contribution is -2.48. The van der Waals surface area contributed by atoms with Crippen molar-refractivity contribution < 1.29 is 33.4 Å². The highest BCUT2D eigenvalue weighted by atomic mass is 19.1. The molecule has 0 spiro atoms. The highest BCUT2D eigenvalue weighted by Crippen LogP contribution is 2.43. The molecule has 0 bridgehead atoms. The Morgan fingerprint density at radius 1 is 1.05 bits per heavy atom. The Hall–Kier alpha value is -3.66. The first kappa shape index (κ1) is 33.2. The fourth-order valence-corrected chi connectivity index (χ4v) is 6.82. The number of hydrogen-bond acceptors (Lipinski definition) is 6. The number of aliphatic carboxylic acids is 1. The first-order valence-electron chi connectivity index (χ1n) is 15.8. The van der Waals surface area contributed by atoms with Gasteiger partial charge in [-0.15, -0.1) is 0 Å². The van der Waals surface area contributed by atoms with Gasteiger partial charge >= 0.3 is 5.97 Å². The third-order valence-corrected chi connectivity index (χ3v) is 9.02. The summed E-state index contributed by atoms with van der Waals surface area (Å²) in [6.07, 6.45) is 3.75. The number of aryl methyl sites for hydroxylation is 1. The maximum absolute atomic E-state index is 14.4. The number of fused-ring (bicyclic) bond motifs is 1. The van der Waals surface area contributed by atoms with Crippen LogP contribution in [0.2, 0.25) is 0 Å². The van der Waals surface area contributed by atoms with Crippen LogP contribution in [-0.2, 0) is 14.4 Å². The number of nitrogens with zero attached hydrogens (tertiary/aromatic N) is 3. The summed E-state index contributed by atoms with van der Waals surface area (Å²) in [7, 11) is 0. The zero-order valence-corrected chi connectivity index (χ0v) is 26.6. The molecular formula is C34H46FN3O6. The molecule has 4 rings (SSSR count). The predicted octanol–water partition coefficient (Wildman–Crippen LogP) is 5.59. The topological polar surface area (TPSA) is 99.6 Å². The van der Waals surface area contributed by atoms with E-state index in [2.05, 4.69) is 13.8 Å². The average molecular weight is 612 g/mol. The summed E-state index contributed by atoms with van der Waals surface area (Å²) in [5.41, 5.74) is 1.91. The van der Waals surface area contributed by atoms with Crippen molar-refractivity contribution in [2.45, 2.75) is 84.7 Å². The predicted molar refractivity (Wildman–Crippen MR) is 167 cm³/mol. The first-order chi connectivity index (χ1) is 21.1. The number of carbonyl (C=O) groups is 3. The minimum atomic E-state index is -0.945. The monoisotopic (exact) mass is 611 g/mol. The highest BCUT2D eigenvalue weighted by Gasteiger charge is 2.47. The smallest absolute Gasteiger partial charge is 0.308 e. The van der Waals surface area contributed by atoms with E-state index in [0.29, 0.717) is 48.8 Å². The highest BCUT2D eigenvalue weighted by molar-refractivity contribution is 5.95. The summed E-state index contributed by atoms with van der Waals surface area (Å²) in [6, 6.07) is 9.71. The van der Waals surface area contributed by atoms with Gasteiger partial charge in [0, 0.05) is 50.2 Å². The van der Waals surface area contributed by atoms with Gasteiger partial charge in [-0.1, -0.05) is 32.8 Å². The number of rotatable bonds is 14. The Balaban J connectivity index is 1.70. The van der Waals surface area contributed by atoms with Crippen molar-refractivity contribution in [1.82, 2.24) is 9.80 Å². The number of halogens is 1. The van der Waals surface area contributed by atoms with Gasteiger partial charge in [-0.25, -0.2) is 4.39 Å². The van der Waals surface area contributed by atoms with Crippen LogP contribution in [0.25, 0.3) is 0 Å². The number of anilines is 1. The van der Waals surface area contributed by atoms with Gasteiger partial charge < -0.3 is 24.4 Å². The fourth-order valence-electron chi connectivity index (χ4n) is 6.82. The molecule has 3 atom stereocenters. The Bertz CT molecular complexity index is 1330. The molecule has 44 heavy (non-hydrogen) atoms. The number of amides is 2. The summed E-state index contributed by atoms with van der Waals surface area (Å²) in [6.45, 7) is 10.6. The van der Waals surface area contributed by atoms with E-state index in [1.54, 1.807) is 34.9 Å². The van der Waals surface area contributed by atoms with Crippen LogP contribution in [0.3, 0.4) is 0 Å². The third-order valence-electron chi connectivity index (χ3n) is 9.02. The van der Waals surface area contributed by atoms with E-state index in [0.717, 1.165) is 31.2 Å². The molecule has 10 heteroatoms. The second-order valence-corrected chi connectivity index (χ2v) is 11.9. The number of carboxylic acid groups (broad SMARTS) is 1. The molecule has 1 saturated heterocycles. The Kier molecular flexibility index (Phi) is 11.2. The molecular weight excluding hydrogens is 565 g/mol. The van der Waals surface area contributed by atoms with Gasteiger partial charge in [-0.3, -0.25) is 19.3 Å². The van der Waals surface area contributed by atoms with Gasteiger partial charge in [0.25, 0.3) is 0 Å². The van der Waals surface area contributed by atoms with Crippen molar-refractivity contribution in [2.24, 2.45) is 5.92 Å². The lowest BCUT2D eigenvalue weighted by Gasteiger charge is -2.35. The van der Waals surface area contributed by atoms with E-state index >= 15 is 0 Å². The van der Waals surface area contributed by atoms with Gasteiger partial charge in [0.05, 0.1) is 12.5 Å². The van der Waals surface area contributed by atoms with E-state index in [4.69, 9.17) is 9.47 Å². The first-order valence-corrected chi connectivity index (χ1v) is 15.8. The average Bonchev–Trinajstić information content (AvgIpc) is 3.59. The minimum absolute atomic E-state index is 0.00203. The molecule has 1 fully saturated rings. The van der Waals surface area contributed by atoms with Gasteiger partial charge in [-0.2, -0.15) is 0 Å². The Morgan fingerprint density at radius 2 is 1.75 bits per heavy atom. The van der Waals surface area contributed by atoms with Crippen LogP contribution >= 0.6 is 0 Å². The summed E-state index contributed by atoms with van der Waals surface area (Å²) in [5.74, 6) is -1.52. The van der Waals surface area contributed by atoms with Crippen molar-refractivity contribution in [2.75, 3.05) is 37.9 Å². The third kappa shape index (κ3) is 7.34. The van der Waals surface area contributed by atoms with Gasteiger partial charge in [0.15, 0.2) is 11.5 Å². The van der Waals surface area contributed by atoms with Crippen molar-refractivity contribution >= 4 is 23.5 Å². The summed E-state index contributed by atoms with van der Waals surface area (Å²) in [5, 5.41) is 10.6. The molecule has 2 aliphatic rings. The van der Waals surface area contributed by atoms with Crippen LogP contribution < -0.4 is 14.4 Å². The number of hydrogen-bond donors (Lipinski definition) is 1. The Morgan fingerprint density at radius 3 is 2.36 bits per heavy atom. The van der Waals surface area contributed by atoms with Crippen molar-refractivity contribution in [3.8, 4) is 11.5 Å². The van der Waals surface area contributed by atoms with Gasteiger partial charge in [0.2, 0.25) is 18.6 Å². The van der Waals surface area contributed by atoms with Crippen LogP contribution in [0.1, 0.15) is 76.8 Å². The molecule has 1 N–H and O–H groups in total. The number of carboxylic acids is 1. The number of benzene rings is 2. The molecule has 2 amide bonds. The number of likely N-dealkylation sites (tertiary alicyclic amines) is 1. The largest absolute Gasteiger partial charge is 0.481 e. The zero-order valence-electron chi connectivity index (χ0n) is 26.6. The zero-order chi connectivity index (χ0) is 32.0. The maximum atomic E-state index is 14.4. The van der Waals surface area contributed by atoms with Crippen LogP contribution in [0.5, 0.6) is 11.5 Å². The summed E-state index contributed by atoms with van der Waals surface area (Å²) >= 11 is 0. The van der Waals surface area contributed by atoms with Gasteiger partial charge in [-0.05, 0) is 74.6 Å². The van der Waals surface area contributed by atoms with Gasteiger partial charge in [0.1, 0.15) is 5.82 Å².